The lowest BCUT2D eigenvalue weighted by Gasteiger charge is -2.21. The molecule has 0 aliphatic heterocycles. The van der Waals surface area contributed by atoms with Crippen molar-refractivity contribution in [3.05, 3.63) is 16.4 Å². The standard InChI is InChI=1S/C15H24Cl2N2/c1-3-13-15(17)14(19(4-2)18-13)9-12(10-16)11-7-5-6-8-11/h11-12H,3-10H2,1-2H3. The number of rotatable bonds is 6. The van der Waals surface area contributed by atoms with Crippen LogP contribution in [-0.4, -0.2) is 15.7 Å². The third-order valence-corrected chi connectivity index (χ3v) is 5.25. The van der Waals surface area contributed by atoms with E-state index in [4.69, 9.17) is 23.2 Å². The lowest BCUT2D eigenvalue weighted by Crippen LogP contribution is -2.18. The maximum Gasteiger partial charge on any atom is 0.0849 e. The molecule has 1 aliphatic carbocycles. The van der Waals surface area contributed by atoms with Gasteiger partial charge in [0, 0.05) is 12.4 Å². The van der Waals surface area contributed by atoms with Gasteiger partial charge in [0.2, 0.25) is 0 Å². The van der Waals surface area contributed by atoms with Crippen LogP contribution in [0.1, 0.15) is 50.9 Å². The molecule has 2 rings (SSSR count). The second-order valence-electron chi connectivity index (χ2n) is 5.54. The van der Waals surface area contributed by atoms with E-state index in [1.54, 1.807) is 0 Å². The van der Waals surface area contributed by atoms with E-state index in [2.05, 4.69) is 23.6 Å². The SMILES string of the molecule is CCc1nn(CC)c(CC(CCl)C2CCCC2)c1Cl. The molecule has 1 fully saturated rings. The van der Waals surface area contributed by atoms with Crippen molar-refractivity contribution in [1.82, 2.24) is 9.78 Å². The van der Waals surface area contributed by atoms with E-state index >= 15 is 0 Å². The van der Waals surface area contributed by atoms with Crippen LogP contribution in [0.3, 0.4) is 0 Å². The van der Waals surface area contributed by atoms with Crippen molar-refractivity contribution >= 4 is 23.2 Å². The fourth-order valence-corrected chi connectivity index (χ4v) is 3.94. The van der Waals surface area contributed by atoms with E-state index in [0.29, 0.717) is 5.92 Å². The molecule has 4 heteroatoms. The molecule has 1 aliphatic rings. The van der Waals surface area contributed by atoms with Gasteiger partial charge >= 0.3 is 0 Å². The second-order valence-corrected chi connectivity index (χ2v) is 6.23. The van der Waals surface area contributed by atoms with Crippen molar-refractivity contribution in [3.8, 4) is 0 Å². The maximum absolute atomic E-state index is 6.49. The molecule has 0 aromatic carbocycles. The monoisotopic (exact) mass is 302 g/mol. The zero-order valence-electron chi connectivity index (χ0n) is 12.0. The summed E-state index contributed by atoms with van der Waals surface area (Å²) >= 11 is 12.7. The Morgan fingerprint density at radius 3 is 2.53 bits per heavy atom. The van der Waals surface area contributed by atoms with Gasteiger partial charge in [-0.25, -0.2) is 0 Å². The van der Waals surface area contributed by atoms with E-state index in [1.165, 1.54) is 31.4 Å². The molecule has 0 N–H and O–H groups in total. The molecule has 1 atom stereocenters. The van der Waals surface area contributed by atoms with Crippen LogP contribution in [0, 0.1) is 11.8 Å². The molecule has 1 aromatic rings. The fourth-order valence-electron chi connectivity index (χ4n) is 3.24. The maximum atomic E-state index is 6.49. The lowest BCUT2D eigenvalue weighted by atomic mass is 9.88. The Balaban J connectivity index is 2.18. The molecule has 1 saturated carbocycles. The second kappa shape index (κ2) is 6.99. The van der Waals surface area contributed by atoms with Crippen LogP contribution in [0.15, 0.2) is 0 Å². The molecule has 19 heavy (non-hydrogen) atoms. The topological polar surface area (TPSA) is 17.8 Å². The highest BCUT2D eigenvalue weighted by atomic mass is 35.5. The normalized spacial score (nSPS) is 18.1. The average Bonchev–Trinajstić information content (AvgIpc) is 3.04. The molecule has 0 saturated heterocycles. The number of hydrogen-bond acceptors (Lipinski definition) is 1. The Bertz CT molecular complexity index is 409. The van der Waals surface area contributed by atoms with Gasteiger partial charge in [-0.2, -0.15) is 5.10 Å². The van der Waals surface area contributed by atoms with Crippen molar-refractivity contribution in [1.29, 1.82) is 0 Å². The molecule has 0 radical (unpaired) electrons. The molecule has 0 bridgehead atoms. The summed E-state index contributed by atoms with van der Waals surface area (Å²) in [5.74, 6) is 2.06. The zero-order chi connectivity index (χ0) is 13.8. The smallest absolute Gasteiger partial charge is 0.0849 e. The van der Waals surface area contributed by atoms with Crippen LogP contribution < -0.4 is 0 Å². The number of alkyl halides is 1. The first kappa shape index (κ1) is 15.2. The molecule has 0 amide bonds. The summed E-state index contributed by atoms with van der Waals surface area (Å²) in [5.41, 5.74) is 2.22. The van der Waals surface area contributed by atoms with E-state index in [9.17, 15) is 0 Å². The number of hydrogen-bond donors (Lipinski definition) is 0. The minimum absolute atomic E-state index is 0.549. The van der Waals surface area contributed by atoms with Crippen molar-refractivity contribution < 1.29 is 0 Å². The first-order valence-corrected chi connectivity index (χ1v) is 8.42. The van der Waals surface area contributed by atoms with E-state index in [0.717, 1.165) is 41.9 Å². The van der Waals surface area contributed by atoms with Gasteiger partial charge in [0.15, 0.2) is 0 Å². The van der Waals surface area contributed by atoms with Gasteiger partial charge in [-0.15, -0.1) is 11.6 Å². The Labute approximate surface area is 126 Å². The predicted octanol–water partition coefficient (Wildman–Crippen LogP) is 4.71. The van der Waals surface area contributed by atoms with Crippen LogP contribution in [0.4, 0.5) is 0 Å². The molecule has 1 heterocycles. The minimum atomic E-state index is 0.549. The number of aryl methyl sites for hydroxylation is 2. The number of nitrogens with zero attached hydrogens (tertiary/aromatic N) is 2. The Hall–Kier alpha value is -0.210. The van der Waals surface area contributed by atoms with Crippen LogP contribution in [-0.2, 0) is 19.4 Å². The summed E-state index contributed by atoms with van der Waals surface area (Å²) in [6.07, 6.45) is 7.26. The van der Waals surface area contributed by atoms with Gasteiger partial charge in [-0.05, 0) is 31.6 Å². The molecular weight excluding hydrogens is 279 g/mol. The first-order valence-electron chi connectivity index (χ1n) is 7.51. The molecule has 0 spiro atoms. The van der Waals surface area contributed by atoms with Crippen LogP contribution in [0.2, 0.25) is 5.02 Å². The van der Waals surface area contributed by atoms with E-state index < -0.39 is 0 Å². The molecule has 2 nitrogen and oxygen atoms in total. The lowest BCUT2D eigenvalue weighted by molar-refractivity contribution is 0.360. The summed E-state index contributed by atoms with van der Waals surface area (Å²) in [4.78, 5) is 0. The van der Waals surface area contributed by atoms with E-state index in [1.807, 2.05) is 0 Å². The van der Waals surface area contributed by atoms with Gasteiger partial charge in [0.25, 0.3) is 0 Å². The van der Waals surface area contributed by atoms with Gasteiger partial charge in [-0.1, -0.05) is 44.2 Å². The Morgan fingerprint density at radius 2 is 2.00 bits per heavy atom. The Morgan fingerprint density at radius 1 is 1.32 bits per heavy atom. The summed E-state index contributed by atoms with van der Waals surface area (Å²) in [6.45, 7) is 5.11. The fraction of sp³-hybridized carbons (Fsp3) is 0.800. The largest absolute Gasteiger partial charge is 0.268 e. The zero-order valence-corrected chi connectivity index (χ0v) is 13.5. The highest BCUT2D eigenvalue weighted by molar-refractivity contribution is 6.31. The minimum Gasteiger partial charge on any atom is -0.268 e. The van der Waals surface area contributed by atoms with Crippen LogP contribution >= 0.6 is 23.2 Å². The van der Waals surface area contributed by atoms with Gasteiger partial charge < -0.3 is 0 Å². The highest BCUT2D eigenvalue weighted by Gasteiger charge is 2.27. The number of halogens is 2. The quantitative estimate of drug-likeness (QED) is 0.696. The summed E-state index contributed by atoms with van der Waals surface area (Å²) < 4.78 is 2.07. The number of aromatic nitrogens is 2. The summed E-state index contributed by atoms with van der Waals surface area (Å²) in [7, 11) is 0. The van der Waals surface area contributed by atoms with Crippen molar-refractivity contribution in [2.24, 2.45) is 11.8 Å². The van der Waals surface area contributed by atoms with Crippen molar-refractivity contribution in [3.63, 3.8) is 0 Å². The average molecular weight is 303 g/mol. The third kappa shape index (κ3) is 3.28. The molecule has 1 aromatic heterocycles. The van der Waals surface area contributed by atoms with Gasteiger partial charge in [0.05, 0.1) is 16.4 Å². The third-order valence-electron chi connectivity index (χ3n) is 4.41. The molecule has 1 unspecified atom stereocenters. The van der Waals surface area contributed by atoms with Gasteiger partial charge in [-0.3, -0.25) is 4.68 Å². The van der Waals surface area contributed by atoms with Crippen LogP contribution in [0.5, 0.6) is 0 Å². The van der Waals surface area contributed by atoms with Crippen molar-refractivity contribution in [2.75, 3.05) is 5.88 Å². The van der Waals surface area contributed by atoms with Crippen molar-refractivity contribution in [2.45, 2.75) is 58.9 Å². The van der Waals surface area contributed by atoms with E-state index in [-0.39, 0.29) is 0 Å². The predicted molar refractivity (Wildman–Crippen MR) is 82.2 cm³/mol. The molecule has 108 valence electrons. The highest BCUT2D eigenvalue weighted by Crippen LogP contribution is 2.35. The van der Waals surface area contributed by atoms with Crippen LogP contribution in [0.25, 0.3) is 0 Å². The first-order chi connectivity index (χ1) is 9.21. The summed E-state index contributed by atoms with van der Waals surface area (Å²) in [5, 5.41) is 5.47. The molecular formula is C15H24Cl2N2. The van der Waals surface area contributed by atoms with Gasteiger partial charge in [0.1, 0.15) is 0 Å². The Kier molecular flexibility index (Phi) is 5.58. The summed E-state index contributed by atoms with van der Waals surface area (Å²) in [6, 6.07) is 0.